The first-order valence-electron chi connectivity index (χ1n) is 6.58. The molecule has 2 heterocycles. The van der Waals surface area contributed by atoms with Crippen LogP contribution in [0.4, 0.5) is 0 Å². The maximum absolute atomic E-state index is 12.5. The Balaban J connectivity index is 1.78. The predicted octanol–water partition coefficient (Wildman–Crippen LogP) is 0.503. The molecule has 2 saturated heterocycles. The average molecular weight is 270 g/mol. The number of carboxylic acid groups (broad SMARTS) is 1. The number of hydrogen-bond acceptors (Lipinski definition) is 4. The molecule has 18 heavy (non-hydrogen) atoms. The van der Waals surface area contributed by atoms with E-state index in [0.29, 0.717) is 11.7 Å². The first kappa shape index (κ1) is 12.3. The van der Waals surface area contributed by atoms with Crippen molar-refractivity contribution in [2.75, 3.05) is 12.3 Å². The molecule has 3 rings (SSSR count). The minimum atomic E-state index is -0.864. The maximum atomic E-state index is 12.5. The third-order valence-corrected chi connectivity index (χ3v) is 5.42. The van der Waals surface area contributed by atoms with E-state index < -0.39 is 12.0 Å². The predicted molar refractivity (Wildman–Crippen MR) is 68.3 cm³/mol. The Bertz CT molecular complexity index is 366. The number of carboxylic acids is 1. The van der Waals surface area contributed by atoms with Crippen LogP contribution >= 0.6 is 11.8 Å². The molecule has 0 bridgehead atoms. The zero-order valence-electron chi connectivity index (χ0n) is 10.2. The Labute approximate surface area is 110 Å². The lowest BCUT2D eigenvalue weighted by Crippen LogP contribution is -2.52. The zero-order valence-corrected chi connectivity index (χ0v) is 11.0. The van der Waals surface area contributed by atoms with Crippen molar-refractivity contribution in [2.45, 2.75) is 43.1 Å². The van der Waals surface area contributed by atoms with Gasteiger partial charge < -0.3 is 15.3 Å². The standard InChI is InChI=1S/C12H18N2O3S/c15-10(8-2-1-5-13-8)14-9(12(16)17)6-18-11(14)7-3-4-7/h7-9,11,13H,1-6H2,(H,16,17)/t8-,9?,11?/m1/s1. The summed E-state index contributed by atoms with van der Waals surface area (Å²) < 4.78 is 0. The van der Waals surface area contributed by atoms with Gasteiger partial charge in [0.1, 0.15) is 6.04 Å². The summed E-state index contributed by atoms with van der Waals surface area (Å²) in [5.74, 6) is 0.193. The van der Waals surface area contributed by atoms with Crippen molar-refractivity contribution in [2.24, 2.45) is 5.92 Å². The highest BCUT2D eigenvalue weighted by atomic mass is 32.2. The molecule has 6 heteroatoms. The largest absolute Gasteiger partial charge is 0.480 e. The van der Waals surface area contributed by atoms with Crippen molar-refractivity contribution in [3.63, 3.8) is 0 Å². The Morgan fingerprint density at radius 1 is 1.28 bits per heavy atom. The lowest BCUT2D eigenvalue weighted by Gasteiger charge is -2.29. The molecule has 3 atom stereocenters. The average Bonchev–Trinajstić information content (AvgIpc) is 2.91. The second kappa shape index (κ2) is 4.74. The topological polar surface area (TPSA) is 69.6 Å². The van der Waals surface area contributed by atoms with Crippen molar-refractivity contribution in [1.82, 2.24) is 10.2 Å². The molecule has 3 aliphatic rings. The highest BCUT2D eigenvalue weighted by molar-refractivity contribution is 8.00. The molecule has 0 aromatic rings. The van der Waals surface area contributed by atoms with Gasteiger partial charge in [-0.2, -0.15) is 0 Å². The van der Waals surface area contributed by atoms with Gasteiger partial charge in [0.2, 0.25) is 5.91 Å². The van der Waals surface area contributed by atoms with Gasteiger partial charge >= 0.3 is 5.97 Å². The first-order chi connectivity index (χ1) is 8.68. The van der Waals surface area contributed by atoms with E-state index in [0.717, 1.165) is 32.2 Å². The van der Waals surface area contributed by atoms with Gasteiger partial charge in [-0.05, 0) is 38.1 Å². The third-order valence-electron chi connectivity index (χ3n) is 3.96. The van der Waals surface area contributed by atoms with Crippen molar-refractivity contribution in [1.29, 1.82) is 0 Å². The van der Waals surface area contributed by atoms with E-state index in [1.165, 1.54) is 0 Å². The molecule has 1 amide bonds. The molecular formula is C12H18N2O3S. The third kappa shape index (κ3) is 2.12. The molecule has 100 valence electrons. The quantitative estimate of drug-likeness (QED) is 0.781. The van der Waals surface area contributed by atoms with Crippen LogP contribution in [0.5, 0.6) is 0 Å². The molecule has 2 unspecified atom stereocenters. The van der Waals surface area contributed by atoms with E-state index in [4.69, 9.17) is 0 Å². The van der Waals surface area contributed by atoms with E-state index in [2.05, 4.69) is 5.32 Å². The highest BCUT2D eigenvalue weighted by Gasteiger charge is 2.49. The Hall–Kier alpha value is -0.750. The minimum absolute atomic E-state index is 0.00167. The molecule has 5 nitrogen and oxygen atoms in total. The van der Waals surface area contributed by atoms with Gasteiger partial charge in [-0.1, -0.05) is 0 Å². The fourth-order valence-electron chi connectivity index (χ4n) is 2.82. The monoisotopic (exact) mass is 270 g/mol. The van der Waals surface area contributed by atoms with Crippen molar-refractivity contribution >= 4 is 23.6 Å². The second-order valence-corrected chi connectivity index (χ2v) is 6.46. The SMILES string of the molecule is O=C(O)C1CSC(C2CC2)N1C(=O)[C@H]1CCCN1. The fourth-order valence-corrected chi connectivity index (χ4v) is 4.46. The van der Waals surface area contributed by atoms with Crippen molar-refractivity contribution in [3.8, 4) is 0 Å². The maximum Gasteiger partial charge on any atom is 0.327 e. The lowest BCUT2D eigenvalue weighted by molar-refractivity contribution is -0.150. The Morgan fingerprint density at radius 3 is 2.61 bits per heavy atom. The summed E-state index contributed by atoms with van der Waals surface area (Å²) in [5.41, 5.74) is 0. The molecule has 0 aromatic heterocycles. The molecule has 0 spiro atoms. The van der Waals surface area contributed by atoms with Gasteiger partial charge in [-0.15, -0.1) is 11.8 Å². The normalized spacial score (nSPS) is 36.0. The molecule has 0 aromatic carbocycles. The molecule has 0 radical (unpaired) electrons. The summed E-state index contributed by atoms with van der Waals surface area (Å²) in [4.78, 5) is 25.4. The zero-order chi connectivity index (χ0) is 12.7. The summed E-state index contributed by atoms with van der Waals surface area (Å²) in [7, 11) is 0. The van der Waals surface area contributed by atoms with Gasteiger partial charge in [0.25, 0.3) is 0 Å². The molecule has 3 fully saturated rings. The van der Waals surface area contributed by atoms with Crippen LogP contribution in [0, 0.1) is 5.92 Å². The second-order valence-electron chi connectivity index (χ2n) is 5.31. The summed E-state index contributed by atoms with van der Waals surface area (Å²) in [6, 6.07) is -0.790. The number of aliphatic carboxylic acids is 1. The summed E-state index contributed by atoms with van der Waals surface area (Å²) in [6.45, 7) is 0.864. The minimum Gasteiger partial charge on any atom is -0.480 e. The van der Waals surface area contributed by atoms with E-state index >= 15 is 0 Å². The summed E-state index contributed by atoms with van der Waals surface area (Å²) in [5, 5.41) is 12.5. The van der Waals surface area contributed by atoms with Crippen LogP contribution < -0.4 is 5.32 Å². The molecule has 2 N–H and O–H groups in total. The van der Waals surface area contributed by atoms with E-state index in [1.54, 1.807) is 16.7 Å². The lowest BCUT2D eigenvalue weighted by atomic mass is 10.1. The first-order valence-corrected chi connectivity index (χ1v) is 7.63. The van der Waals surface area contributed by atoms with Crippen LogP contribution in [-0.2, 0) is 9.59 Å². The van der Waals surface area contributed by atoms with Crippen LogP contribution in [0.25, 0.3) is 0 Å². The summed E-state index contributed by atoms with van der Waals surface area (Å²) >= 11 is 1.64. The highest BCUT2D eigenvalue weighted by Crippen LogP contribution is 2.45. The Kier molecular flexibility index (Phi) is 3.23. The van der Waals surface area contributed by atoms with Crippen LogP contribution in [0.15, 0.2) is 0 Å². The molecular weight excluding hydrogens is 252 g/mol. The fraction of sp³-hybridized carbons (Fsp3) is 0.833. The number of nitrogens with one attached hydrogen (secondary N) is 1. The number of carbonyl (C=O) groups excluding carboxylic acids is 1. The number of nitrogens with zero attached hydrogens (tertiary/aromatic N) is 1. The Morgan fingerprint density at radius 2 is 2.06 bits per heavy atom. The summed E-state index contributed by atoms with van der Waals surface area (Å²) in [6.07, 6.45) is 4.10. The number of amides is 1. The van der Waals surface area contributed by atoms with Gasteiger partial charge in [0, 0.05) is 5.75 Å². The number of thioether (sulfide) groups is 1. The van der Waals surface area contributed by atoms with Gasteiger partial charge in [0.05, 0.1) is 11.4 Å². The van der Waals surface area contributed by atoms with Gasteiger partial charge in [-0.25, -0.2) is 4.79 Å². The van der Waals surface area contributed by atoms with E-state index in [-0.39, 0.29) is 17.3 Å². The van der Waals surface area contributed by atoms with Crippen LogP contribution in [0.2, 0.25) is 0 Å². The smallest absolute Gasteiger partial charge is 0.327 e. The van der Waals surface area contributed by atoms with Crippen molar-refractivity contribution < 1.29 is 14.7 Å². The van der Waals surface area contributed by atoms with Crippen LogP contribution in [0.3, 0.4) is 0 Å². The number of rotatable bonds is 3. The van der Waals surface area contributed by atoms with E-state index in [1.807, 2.05) is 0 Å². The van der Waals surface area contributed by atoms with E-state index in [9.17, 15) is 14.7 Å². The van der Waals surface area contributed by atoms with Crippen LogP contribution in [-0.4, -0.2) is 51.6 Å². The molecule has 2 aliphatic heterocycles. The van der Waals surface area contributed by atoms with Gasteiger partial charge in [0.15, 0.2) is 0 Å². The number of hydrogen-bond donors (Lipinski definition) is 2. The number of carbonyl (C=O) groups is 2. The van der Waals surface area contributed by atoms with Crippen molar-refractivity contribution in [3.05, 3.63) is 0 Å². The van der Waals surface area contributed by atoms with Crippen LogP contribution in [0.1, 0.15) is 25.7 Å². The molecule has 1 saturated carbocycles. The molecule has 1 aliphatic carbocycles. The van der Waals surface area contributed by atoms with Gasteiger partial charge in [-0.3, -0.25) is 4.79 Å².